The van der Waals surface area contributed by atoms with Crippen LogP contribution in [0.15, 0.2) is 0 Å². The lowest BCUT2D eigenvalue weighted by Crippen LogP contribution is -2.23. The van der Waals surface area contributed by atoms with Crippen LogP contribution in [0.1, 0.15) is 25.7 Å². The first-order valence-electron chi connectivity index (χ1n) is 5.22. The van der Waals surface area contributed by atoms with E-state index in [4.69, 9.17) is 9.42 Å². The summed E-state index contributed by atoms with van der Waals surface area (Å²) in [6.07, 6.45) is 3.03. The maximum Gasteiger partial charge on any atom is 0.406 e. The molecule has 0 aromatic carbocycles. The number of carbonyl (C=O) groups is 1. The Morgan fingerprint density at radius 1 is 1.31 bits per heavy atom. The Labute approximate surface area is 95.9 Å². The number of hydrogen-bond donors (Lipinski definition) is 2. The average Bonchev–Trinajstić information content (AvgIpc) is 2.20. The van der Waals surface area contributed by atoms with Gasteiger partial charge in [-0.05, 0) is 12.8 Å². The van der Waals surface area contributed by atoms with E-state index in [1.807, 2.05) is 0 Å². The lowest BCUT2D eigenvalue weighted by molar-refractivity contribution is 0.170. The molecule has 0 aromatic heterocycles. The van der Waals surface area contributed by atoms with Crippen LogP contribution >= 0.6 is 7.60 Å². The zero-order chi connectivity index (χ0) is 12.4. The van der Waals surface area contributed by atoms with Gasteiger partial charge in [-0.3, -0.25) is 4.57 Å². The van der Waals surface area contributed by atoms with Crippen LogP contribution in [0.2, 0.25) is 0 Å². The molecule has 1 unspecified atom stereocenters. The van der Waals surface area contributed by atoms with E-state index in [-0.39, 0.29) is 0 Å². The molecular formula is C9H20NO5P. The van der Waals surface area contributed by atoms with Crippen molar-refractivity contribution in [1.82, 2.24) is 5.32 Å². The normalized spacial score (nSPS) is 14.2. The molecule has 0 fully saturated rings. The molecular weight excluding hydrogens is 233 g/mol. The fourth-order valence-corrected chi connectivity index (χ4v) is 1.55. The predicted molar refractivity (Wildman–Crippen MR) is 60.6 cm³/mol. The molecule has 0 aliphatic heterocycles. The lowest BCUT2D eigenvalue weighted by atomic mass is 10.2. The third kappa shape index (κ3) is 11.5. The van der Waals surface area contributed by atoms with Crippen LogP contribution in [-0.4, -0.2) is 37.9 Å². The number of nitrogens with one attached hydrogen (secondary N) is 1. The highest BCUT2D eigenvalue weighted by atomic mass is 31.2. The summed E-state index contributed by atoms with van der Waals surface area (Å²) in [5, 5.41) is 2.57. The Balaban J connectivity index is 3.16. The van der Waals surface area contributed by atoms with E-state index < -0.39 is 13.7 Å². The predicted octanol–water partition coefficient (Wildman–Crippen LogP) is 1.73. The minimum atomic E-state index is -3.32. The second-order valence-electron chi connectivity index (χ2n) is 3.47. The number of ether oxygens (including phenoxy) is 1. The molecule has 6 nitrogen and oxygen atoms in total. The first-order chi connectivity index (χ1) is 7.45. The largest absolute Gasteiger partial charge is 0.453 e. The molecule has 0 spiro atoms. The van der Waals surface area contributed by atoms with Gasteiger partial charge < -0.3 is 19.5 Å². The van der Waals surface area contributed by atoms with E-state index >= 15 is 0 Å². The molecule has 2 N–H and O–H groups in total. The third-order valence-electron chi connectivity index (χ3n) is 1.86. The van der Waals surface area contributed by atoms with Gasteiger partial charge in [-0.2, -0.15) is 0 Å². The molecule has 7 heteroatoms. The van der Waals surface area contributed by atoms with Crippen LogP contribution in [0, 0.1) is 0 Å². The van der Waals surface area contributed by atoms with Crippen molar-refractivity contribution in [2.75, 3.05) is 26.9 Å². The number of amides is 1. The molecule has 0 aliphatic rings. The highest BCUT2D eigenvalue weighted by Gasteiger charge is 2.08. The van der Waals surface area contributed by atoms with Crippen molar-refractivity contribution in [3.63, 3.8) is 0 Å². The van der Waals surface area contributed by atoms with Gasteiger partial charge >= 0.3 is 13.7 Å². The molecule has 0 bridgehead atoms. The van der Waals surface area contributed by atoms with Gasteiger partial charge in [0.2, 0.25) is 0 Å². The zero-order valence-electron chi connectivity index (χ0n) is 9.77. The molecule has 0 rings (SSSR count). The fraction of sp³-hybridized carbons (Fsp3) is 0.889. The Kier molecular flexibility index (Phi) is 8.25. The van der Waals surface area contributed by atoms with E-state index in [2.05, 4.69) is 10.1 Å². The van der Waals surface area contributed by atoms with Crippen LogP contribution < -0.4 is 5.32 Å². The molecule has 0 radical (unpaired) electrons. The van der Waals surface area contributed by atoms with E-state index in [1.165, 1.54) is 13.8 Å². The van der Waals surface area contributed by atoms with Crippen molar-refractivity contribution in [1.29, 1.82) is 0 Å². The number of hydrogen-bond acceptors (Lipinski definition) is 4. The smallest absolute Gasteiger partial charge is 0.406 e. The lowest BCUT2D eigenvalue weighted by Gasteiger charge is -2.06. The minimum Gasteiger partial charge on any atom is -0.453 e. The molecule has 1 atom stereocenters. The second-order valence-corrected chi connectivity index (χ2v) is 5.33. The van der Waals surface area contributed by atoms with Crippen molar-refractivity contribution in [3.05, 3.63) is 0 Å². The van der Waals surface area contributed by atoms with Crippen molar-refractivity contribution in [3.8, 4) is 0 Å². The molecule has 16 heavy (non-hydrogen) atoms. The maximum absolute atomic E-state index is 10.7. The summed E-state index contributed by atoms with van der Waals surface area (Å²) in [5.74, 6) is 0. The Hall–Kier alpha value is -0.580. The summed E-state index contributed by atoms with van der Waals surface area (Å²) in [6, 6.07) is 0. The summed E-state index contributed by atoms with van der Waals surface area (Å²) in [7, 11) is -1.99. The SMILES string of the molecule is COC(=O)NCCCCCCOP(C)(=O)O. The summed E-state index contributed by atoms with van der Waals surface area (Å²) in [5.41, 5.74) is 0. The number of unbranched alkanes of at least 4 members (excludes halogenated alkanes) is 3. The summed E-state index contributed by atoms with van der Waals surface area (Å²) in [6.45, 7) is 2.06. The standard InChI is InChI=1S/C9H20NO5P/c1-14-9(11)10-7-5-3-4-6-8-15-16(2,12)13/h3-8H2,1-2H3,(H,10,11)(H,12,13). The Morgan fingerprint density at radius 3 is 2.50 bits per heavy atom. The quantitative estimate of drug-likeness (QED) is 0.508. The highest BCUT2D eigenvalue weighted by Crippen LogP contribution is 2.36. The molecule has 0 aromatic rings. The summed E-state index contributed by atoms with van der Waals surface area (Å²) < 4.78 is 19.8. The molecule has 0 saturated carbocycles. The van der Waals surface area contributed by atoms with Crippen molar-refractivity contribution in [2.24, 2.45) is 0 Å². The van der Waals surface area contributed by atoms with Gasteiger partial charge in [0, 0.05) is 13.2 Å². The number of methoxy groups -OCH3 is 1. The van der Waals surface area contributed by atoms with Gasteiger partial charge in [0.1, 0.15) is 0 Å². The first kappa shape index (κ1) is 15.4. The first-order valence-corrected chi connectivity index (χ1v) is 7.25. The second kappa shape index (κ2) is 8.56. The summed E-state index contributed by atoms with van der Waals surface area (Å²) >= 11 is 0. The van der Waals surface area contributed by atoms with Crippen molar-refractivity contribution < 1.29 is 23.5 Å². The molecule has 96 valence electrons. The highest BCUT2D eigenvalue weighted by molar-refractivity contribution is 7.51. The number of rotatable bonds is 8. The van der Waals surface area contributed by atoms with Gasteiger partial charge in [0.25, 0.3) is 0 Å². The van der Waals surface area contributed by atoms with Crippen LogP contribution in [0.3, 0.4) is 0 Å². The third-order valence-corrected chi connectivity index (χ3v) is 2.52. The van der Waals surface area contributed by atoms with Gasteiger partial charge in [0.15, 0.2) is 0 Å². The van der Waals surface area contributed by atoms with Gasteiger partial charge in [-0.1, -0.05) is 12.8 Å². The number of alkyl carbamates (subject to hydrolysis) is 1. The van der Waals surface area contributed by atoms with E-state index in [9.17, 15) is 9.36 Å². The van der Waals surface area contributed by atoms with Crippen molar-refractivity contribution in [2.45, 2.75) is 25.7 Å². The monoisotopic (exact) mass is 253 g/mol. The molecule has 0 heterocycles. The number of carbonyl (C=O) groups excluding carboxylic acids is 1. The van der Waals surface area contributed by atoms with Crippen LogP contribution in [0.4, 0.5) is 4.79 Å². The van der Waals surface area contributed by atoms with Gasteiger partial charge in [-0.25, -0.2) is 4.79 Å². The van der Waals surface area contributed by atoms with Crippen LogP contribution in [0.25, 0.3) is 0 Å². The van der Waals surface area contributed by atoms with Gasteiger partial charge in [-0.15, -0.1) is 0 Å². The van der Waals surface area contributed by atoms with E-state index in [0.29, 0.717) is 13.2 Å². The topological polar surface area (TPSA) is 84.9 Å². The van der Waals surface area contributed by atoms with Crippen molar-refractivity contribution >= 4 is 13.7 Å². The zero-order valence-corrected chi connectivity index (χ0v) is 10.7. The van der Waals surface area contributed by atoms with E-state index in [0.717, 1.165) is 25.7 Å². The van der Waals surface area contributed by atoms with Gasteiger partial charge in [0.05, 0.1) is 13.7 Å². The maximum atomic E-state index is 10.7. The van der Waals surface area contributed by atoms with E-state index in [1.54, 1.807) is 0 Å². The minimum absolute atomic E-state index is 0.300. The Bertz CT molecular complexity index is 240. The molecule has 0 aliphatic carbocycles. The molecule has 1 amide bonds. The molecule has 0 saturated heterocycles. The fourth-order valence-electron chi connectivity index (χ4n) is 1.08. The summed E-state index contributed by atoms with van der Waals surface area (Å²) in [4.78, 5) is 19.5. The Morgan fingerprint density at radius 2 is 1.94 bits per heavy atom. The van der Waals surface area contributed by atoms with Crippen LogP contribution in [-0.2, 0) is 13.8 Å². The van der Waals surface area contributed by atoms with Crippen LogP contribution in [0.5, 0.6) is 0 Å². The average molecular weight is 253 g/mol.